The number of nitrogens with one attached hydrogen (secondary N) is 2. The molecule has 2 aromatic carbocycles. The van der Waals surface area contributed by atoms with E-state index in [2.05, 4.69) is 10.6 Å². The molecule has 33 heavy (non-hydrogen) atoms. The van der Waals surface area contributed by atoms with E-state index in [-0.39, 0.29) is 40.8 Å². The zero-order valence-corrected chi connectivity index (χ0v) is 19.2. The van der Waals surface area contributed by atoms with Gasteiger partial charge in [-0.3, -0.25) is 9.59 Å². The number of hydrogen-bond donors (Lipinski definition) is 3. The van der Waals surface area contributed by atoms with Gasteiger partial charge in [0.25, 0.3) is 0 Å². The van der Waals surface area contributed by atoms with Crippen LogP contribution in [0.15, 0.2) is 29.8 Å². The molecule has 0 aliphatic heterocycles. The van der Waals surface area contributed by atoms with Crippen molar-refractivity contribution in [1.82, 2.24) is 5.32 Å². The third-order valence-electron chi connectivity index (χ3n) is 6.14. The summed E-state index contributed by atoms with van der Waals surface area (Å²) in [5.41, 5.74) is 2.21. The van der Waals surface area contributed by atoms with Gasteiger partial charge in [-0.1, -0.05) is 25.0 Å². The number of aliphatic carboxylic acids is 1. The molecular weight excluding hydrogens is 426 g/mol. The van der Waals surface area contributed by atoms with Crippen LogP contribution in [0.25, 0.3) is 17.2 Å². The highest BCUT2D eigenvalue weighted by molar-refractivity contribution is 5.97. The van der Waals surface area contributed by atoms with Gasteiger partial charge in [0.15, 0.2) is 0 Å². The maximum atomic E-state index is 15.4. The van der Waals surface area contributed by atoms with Crippen LogP contribution in [0.3, 0.4) is 0 Å². The summed E-state index contributed by atoms with van der Waals surface area (Å²) < 4.78 is 30.7. The van der Waals surface area contributed by atoms with E-state index in [0.717, 1.165) is 18.5 Å². The number of hydrogen-bond acceptors (Lipinski definition) is 3. The summed E-state index contributed by atoms with van der Waals surface area (Å²) in [7, 11) is 0. The van der Waals surface area contributed by atoms with Crippen molar-refractivity contribution < 1.29 is 23.5 Å². The summed E-state index contributed by atoms with van der Waals surface area (Å²) in [4.78, 5) is 22.8. The predicted molar refractivity (Wildman–Crippen MR) is 126 cm³/mol. The third kappa shape index (κ3) is 5.78. The molecule has 0 aromatic heterocycles. The lowest BCUT2D eigenvalue weighted by molar-refractivity contribution is -0.136. The Morgan fingerprint density at radius 3 is 2.30 bits per heavy atom. The molecule has 176 valence electrons. The van der Waals surface area contributed by atoms with Gasteiger partial charge in [0.2, 0.25) is 5.91 Å². The van der Waals surface area contributed by atoms with E-state index < -0.39 is 23.5 Å². The number of halogens is 2. The molecule has 0 heterocycles. The highest BCUT2D eigenvalue weighted by Crippen LogP contribution is 2.35. The van der Waals surface area contributed by atoms with Crippen LogP contribution in [0.4, 0.5) is 14.5 Å². The van der Waals surface area contributed by atoms with Crippen LogP contribution in [0.1, 0.15) is 55.7 Å². The van der Waals surface area contributed by atoms with Gasteiger partial charge >= 0.3 is 5.97 Å². The van der Waals surface area contributed by atoms with Crippen LogP contribution in [0, 0.1) is 25.5 Å². The molecule has 7 heteroatoms. The fourth-order valence-electron chi connectivity index (χ4n) is 4.20. The van der Waals surface area contributed by atoms with E-state index in [4.69, 9.17) is 5.11 Å². The Bertz CT molecular complexity index is 1040. The monoisotopic (exact) mass is 456 g/mol. The fraction of sp³-hybridized carbons (Fsp3) is 0.385. The van der Waals surface area contributed by atoms with Crippen LogP contribution >= 0.6 is 0 Å². The number of anilines is 1. The van der Waals surface area contributed by atoms with E-state index in [0.29, 0.717) is 11.6 Å². The Kier molecular flexibility index (Phi) is 7.84. The van der Waals surface area contributed by atoms with Crippen molar-refractivity contribution in [2.24, 2.45) is 0 Å². The second-order valence-corrected chi connectivity index (χ2v) is 8.60. The molecule has 0 unspecified atom stereocenters. The van der Waals surface area contributed by atoms with E-state index in [1.807, 2.05) is 12.1 Å². The number of carboxylic acids is 1. The van der Waals surface area contributed by atoms with Crippen LogP contribution in [0.5, 0.6) is 0 Å². The molecule has 1 amide bonds. The first kappa shape index (κ1) is 24.4. The van der Waals surface area contributed by atoms with Crippen molar-refractivity contribution in [3.05, 3.63) is 58.2 Å². The van der Waals surface area contributed by atoms with Gasteiger partial charge in [-0.05, 0) is 68.5 Å². The van der Waals surface area contributed by atoms with Crippen LogP contribution in [0.2, 0.25) is 0 Å². The number of rotatable bonds is 8. The van der Waals surface area contributed by atoms with Crippen molar-refractivity contribution in [2.45, 2.75) is 58.9 Å². The molecule has 0 saturated heterocycles. The maximum absolute atomic E-state index is 15.4. The van der Waals surface area contributed by atoms with Crippen molar-refractivity contribution in [3.8, 4) is 11.1 Å². The summed E-state index contributed by atoms with van der Waals surface area (Å²) in [6.07, 6.45) is 5.82. The normalized spacial score (nSPS) is 14.4. The molecule has 0 atom stereocenters. The van der Waals surface area contributed by atoms with Gasteiger partial charge in [0.05, 0.1) is 6.42 Å². The first-order valence-corrected chi connectivity index (χ1v) is 11.2. The van der Waals surface area contributed by atoms with E-state index >= 15 is 8.78 Å². The van der Waals surface area contributed by atoms with Crippen molar-refractivity contribution >= 4 is 23.6 Å². The summed E-state index contributed by atoms with van der Waals surface area (Å²) in [5.74, 6) is -2.68. The smallest absolute Gasteiger partial charge is 0.305 e. The molecule has 0 bridgehead atoms. The van der Waals surface area contributed by atoms with Crippen molar-refractivity contribution in [2.75, 3.05) is 11.9 Å². The van der Waals surface area contributed by atoms with Crippen LogP contribution < -0.4 is 10.6 Å². The molecule has 1 fully saturated rings. The molecule has 0 spiro atoms. The van der Waals surface area contributed by atoms with Crippen molar-refractivity contribution in [3.63, 3.8) is 0 Å². The molecule has 5 nitrogen and oxygen atoms in total. The quantitative estimate of drug-likeness (QED) is 0.452. The molecule has 2 aromatic rings. The van der Waals surface area contributed by atoms with Crippen LogP contribution in [-0.2, 0) is 9.59 Å². The van der Waals surface area contributed by atoms with Gasteiger partial charge in [-0.25, -0.2) is 8.78 Å². The topological polar surface area (TPSA) is 78.4 Å². The Morgan fingerprint density at radius 1 is 1.06 bits per heavy atom. The minimum Gasteiger partial charge on any atom is -0.481 e. The summed E-state index contributed by atoms with van der Waals surface area (Å²) in [6, 6.07) is 7.82. The number of benzene rings is 2. The van der Waals surface area contributed by atoms with E-state index in [9.17, 15) is 9.59 Å². The highest BCUT2D eigenvalue weighted by atomic mass is 19.1. The lowest BCUT2D eigenvalue weighted by Crippen LogP contribution is -2.26. The average Bonchev–Trinajstić information content (AvgIpc) is 3.29. The van der Waals surface area contributed by atoms with Gasteiger partial charge in [0.1, 0.15) is 11.6 Å². The number of carbonyl (C=O) groups excluding carboxylic acids is 1. The summed E-state index contributed by atoms with van der Waals surface area (Å²) in [6.45, 7) is 4.45. The fourth-order valence-corrected chi connectivity index (χ4v) is 4.20. The second-order valence-electron chi connectivity index (χ2n) is 8.60. The molecular formula is C26H30F2N2O3. The van der Waals surface area contributed by atoms with Gasteiger partial charge in [-0.15, -0.1) is 0 Å². The average molecular weight is 457 g/mol. The first-order valence-electron chi connectivity index (χ1n) is 11.2. The zero-order valence-electron chi connectivity index (χ0n) is 19.2. The maximum Gasteiger partial charge on any atom is 0.305 e. The Labute approximate surface area is 192 Å². The van der Waals surface area contributed by atoms with Gasteiger partial charge < -0.3 is 15.7 Å². The Morgan fingerprint density at radius 2 is 1.70 bits per heavy atom. The number of carbonyl (C=O) groups is 2. The first-order chi connectivity index (χ1) is 15.7. The standard InChI is InChI=1S/C26H30F2N2O3/c1-15(26(33)29-13-12-22(31)32)14-21-16(2)25(28)23(17(3)24(21)27)18-8-10-20(11-9-18)30-19-6-4-5-7-19/h8-11,14,19,30H,4-7,12-13H2,1-3H3,(H,29,33)(H,31,32). The lowest BCUT2D eigenvalue weighted by Gasteiger charge is -2.17. The van der Waals surface area contributed by atoms with Gasteiger partial charge in [0, 0.05) is 35.0 Å². The highest BCUT2D eigenvalue weighted by Gasteiger charge is 2.21. The SMILES string of the molecule is CC(=Cc1c(C)c(F)c(-c2ccc(NC3CCCC3)cc2)c(C)c1F)C(=O)NCCC(=O)O. The number of amides is 1. The summed E-state index contributed by atoms with van der Waals surface area (Å²) >= 11 is 0. The largest absolute Gasteiger partial charge is 0.481 e. The molecule has 3 rings (SSSR count). The minimum atomic E-state index is -1.03. The Balaban J connectivity index is 1.86. The van der Waals surface area contributed by atoms with Gasteiger partial charge in [-0.2, -0.15) is 0 Å². The van der Waals surface area contributed by atoms with E-state index in [1.165, 1.54) is 39.7 Å². The second kappa shape index (κ2) is 10.6. The summed E-state index contributed by atoms with van der Waals surface area (Å²) in [5, 5.41) is 14.6. The predicted octanol–water partition coefficient (Wildman–Crippen LogP) is 5.60. The molecule has 1 aliphatic carbocycles. The molecule has 0 radical (unpaired) electrons. The minimum absolute atomic E-state index is 0.0131. The molecule has 3 N–H and O–H groups in total. The lowest BCUT2D eigenvalue weighted by atomic mass is 9.92. The Hall–Kier alpha value is -3.22. The van der Waals surface area contributed by atoms with E-state index in [1.54, 1.807) is 12.1 Å². The molecule has 1 saturated carbocycles. The van der Waals surface area contributed by atoms with Crippen molar-refractivity contribution in [1.29, 1.82) is 0 Å². The third-order valence-corrected chi connectivity index (χ3v) is 6.14. The zero-order chi connectivity index (χ0) is 24.1. The number of carboxylic acid groups (broad SMARTS) is 1. The van der Waals surface area contributed by atoms with Crippen LogP contribution in [-0.4, -0.2) is 29.6 Å². The molecule has 1 aliphatic rings.